The number of thioether (sulfide) groups is 1. The molecule has 2 heterocycles. The zero-order valence-electron chi connectivity index (χ0n) is 11.1. The van der Waals surface area contributed by atoms with E-state index in [1.165, 1.54) is 0 Å². The second kappa shape index (κ2) is 5.56. The molecule has 0 aromatic carbocycles. The Morgan fingerprint density at radius 1 is 1.39 bits per heavy atom. The van der Waals surface area contributed by atoms with Crippen LogP contribution in [-0.2, 0) is 5.75 Å². The summed E-state index contributed by atoms with van der Waals surface area (Å²) in [7, 11) is 0. The van der Waals surface area contributed by atoms with Crippen molar-refractivity contribution in [2.75, 3.05) is 0 Å². The van der Waals surface area contributed by atoms with Crippen LogP contribution < -0.4 is 0 Å². The van der Waals surface area contributed by atoms with Gasteiger partial charge in [0.2, 0.25) is 5.89 Å². The summed E-state index contributed by atoms with van der Waals surface area (Å²) >= 11 is 1.75. The van der Waals surface area contributed by atoms with Gasteiger partial charge in [-0.15, -0.1) is 11.8 Å². The zero-order valence-corrected chi connectivity index (χ0v) is 11.9. The van der Waals surface area contributed by atoms with Crippen molar-refractivity contribution in [2.45, 2.75) is 44.7 Å². The lowest BCUT2D eigenvalue weighted by Gasteiger charge is -2.12. The molecule has 0 N–H and O–H groups in total. The molecule has 1 atom stereocenters. The fraction of sp³-hybridized carbons (Fsp3) is 0.583. The van der Waals surface area contributed by atoms with Crippen molar-refractivity contribution in [3.05, 3.63) is 29.9 Å². The van der Waals surface area contributed by atoms with E-state index >= 15 is 0 Å². The normalized spacial score (nSPS) is 13.2. The van der Waals surface area contributed by atoms with E-state index in [0.29, 0.717) is 17.8 Å². The van der Waals surface area contributed by atoms with Crippen LogP contribution in [0.25, 0.3) is 0 Å². The van der Waals surface area contributed by atoms with Crippen molar-refractivity contribution in [1.29, 1.82) is 0 Å². The van der Waals surface area contributed by atoms with Crippen LogP contribution in [0.2, 0.25) is 0 Å². The molecule has 18 heavy (non-hydrogen) atoms. The fourth-order valence-electron chi connectivity index (χ4n) is 1.67. The largest absolute Gasteiger partial charge is 0.338 e. The maximum Gasteiger partial charge on any atom is 0.239 e. The van der Waals surface area contributed by atoms with E-state index in [1.807, 2.05) is 19.3 Å². The molecule has 0 aliphatic rings. The quantitative estimate of drug-likeness (QED) is 0.832. The Labute approximate surface area is 111 Å². The van der Waals surface area contributed by atoms with Crippen LogP contribution >= 0.6 is 11.8 Å². The van der Waals surface area contributed by atoms with Gasteiger partial charge in [-0.3, -0.25) is 0 Å². The number of nitrogens with zero attached hydrogens (tertiary/aromatic N) is 4. The van der Waals surface area contributed by atoms with Gasteiger partial charge in [0.1, 0.15) is 5.82 Å². The Hall–Kier alpha value is -1.30. The number of hydrogen-bond acceptors (Lipinski definition) is 5. The molecule has 2 rings (SSSR count). The predicted molar refractivity (Wildman–Crippen MR) is 71.4 cm³/mol. The SMILES string of the molecule is Cc1noc(C(C)SCc2nccn2C(C)C)n1. The van der Waals surface area contributed by atoms with Crippen molar-refractivity contribution in [3.63, 3.8) is 0 Å². The summed E-state index contributed by atoms with van der Waals surface area (Å²) in [6, 6.07) is 0.434. The van der Waals surface area contributed by atoms with Gasteiger partial charge in [0.15, 0.2) is 5.82 Å². The Bertz CT molecular complexity index is 506. The predicted octanol–water partition coefficient (Wildman–Crippen LogP) is 3.15. The van der Waals surface area contributed by atoms with Gasteiger partial charge >= 0.3 is 0 Å². The Morgan fingerprint density at radius 3 is 2.78 bits per heavy atom. The Balaban J connectivity index is 1.97. The highest BCUT2D eigenvalue weighted by Gasteiger charge is 2.15. The average Bonchev–Trinajstić information content (AvgIpc) is 2.94. The van der Waals surface area contributed by atoms with E-state index in [2.05, 4.69) is 40.5 Å². The van der Waals surface area contributed by atoms with Crippen LogP contribution in [0.5, 0.6) is 0 Å². The van der Waals surface area contributed by atoms with Gasteiger partial charge in [-0.1, -0.05) is 5.16 Å². The van der Waals surface area contributed by atoms with Crippen molar-refractivity contribution in [2.24, 2.45) is 0 Å². The lowest BCUT2D eigenvalue weighted by Crippen LogP contribution is -2.04. The fourth-order valence-corrected chi connectivity index (χ4v) is 2.54. The second-order valence-electron chi connectivity index (χ2n) is 4.48. The topological polar surface area (TPSA) is 56.7 Å². The molecule has 0 saturated carbocycles. The highest BCUT2D eigenvalue weighted by Crippen LogP contribution is 2.29. The molecular weight excluding hydrogens is 248 g/mol. The summed E-state index contributed by atoms with van der Waals surface area (Å²) in [5.41, 5.74) is 0. The average molecular weight is 266 g/mol. The number of hydrogen-bond donors (Lipinski definition) is 0. The number of aryl methyl sites for hydroxylation is 1. The molecule has 5 nitrogen and oxygen atoms in total. The van der Waals surface area contributed by atoms with Crippen molar-refractivity contribution in [1.82, 2.24) is 19.7 Å². The highest BCUT2D eigenvalue weighted by molar-refractivity contribution is 7.98. The third-order valence-corrected chi connectivity index (χ3v) is 3.79. The summed E-state index contributed by atoms with van der Waals surface area (Å²) in [5, 5.41) is 3.99. The van der Waals surface area contributed by atoms with Crippen molar-refractivity contribution in [3.8, 4) is 0 Å². The number of imidazole rings is 1. The van der Waals surface area contributed by atoms with Crippen LogP contribution in [0.4, 0.5) is 0 Å². The molecule has 0 amide bonds. The van der Waals surface area contributed by atoms with Gasteiger partial charge in [-0.05, 0) is 27.7 Å². The van der Waals surface area contributed by atoms with Gasteiger partial charge < -0.3 is 9.09 Å². The minimum atomic E-state index is 0.184. The van der Waals surface area contributed by atoms with E-state index in [1.54, 1.807) is 11.8 Å². The van der Waals surface area contributed by atoms with E-state index in [-0.39, 0.29) is 5.25 Å². The van der Waals surface area contributed by atoms with Crippen LogP contribution in [0.1, 0.15) is 49.6 Å². The first kappa shape index (κ1) is 13.1. The molecule has 0 radical (unpaired) electrons. The maximum absolute atomic E-state index is 5.16. The van der Waals surface area contributed by atoms with Gasteiger partial charge in [0.05, 0.1) is 11.0 Å². The van der Waals surface area contributed by atoms with Crippen molar-refractivity contribution < 1.29 is 4.52 Å². The maximum atomic E-state index is 5.16. The van der Waals surface area contributed by atoms with E-state index in [0.717, 1.165) is 11.6 Å². The highest BCUT2D eigenvalue weighted by atomic mass is 32.2. The molecule has 0 aliphatic heterocycles. The van der Waals surface area contributed by atoms with Crippen LogP contribution in [0.15, 0.2) is 16.9 Å². The number of rotatable bonds is 5. The molecule has 2 aromatic heterocycles. The molecule has 2 aromatic rings. The molecule has 0 spiro atoms. The Morgan fingerprint density at radius 2 is 2.17 bits per heavy atom. The molecule has 98 valence electrons. The van der Waals surface area contributed by atoms with Crippen LogP contribution in [-0.4, -0.2) is 19.7 Å². The lowest BCUT2D eigenvalue weighted by atomic mass is 10.4. The monoisotopic (exact) mass is 266 g/mol. The molecule has 0 fully saturated rings. The van der Waals surface area contributed by atoms with Crippen LogP contribution in [0.3, 0.4) is 0 Å². The Kier molecular flexibility index (Phi) is 4.06. The summed E-state index contributed by atoms with van der Waals surface area (Å²) in [6.07, 6.45) is 3.86. The van der Waals surface area contributed by atoms with E-state index in [9.17, 15) is 0 Å². The molecule has 6 heteroatoms. The molecule has 1 unspecified atom stereocenters. The first-order valence-corrected chi connectivity index (χ1v) is 7.06. The summed E-state index contributed by atoms with van der Waals surface area (Å²) in [5.74, 6) is 3.28. The third kappa shape index (κ3) is 2.93. The summed E-state index contributed by atoms with van der Waals surface area (Å²) in [4.78, 5) is 8.63. The van der Waals surface area contributed by atoms with Gasteiger partial charge in [-0.2, -0.15) is 4.98 Å². The smallest absolute Gasteiger partial charge is 0.239 e. The molecule has 0 bridgehead atoms. The number of aromatic nitrogens is 4. The minimum absolute atomic E-state index is 0.184. The molecule has 0 aliphatic carbocycles. The van der Waals surface area contributed by atoms with Gasteiger partial charge in [-0.25, -0.2) is 4.98 Å². The first-order chi connectivity index (χ1) is 8.58. The molecular formula is C12H18N4OS. The third-order valence-electron chi connectivity index (χ3n) is 2.66. The lowest BCUT2D eigenvalue weighted by molar-refractivity contribution is 0.376. The second-order valence-corrected chi connectivity index (χ2v) is 5.81. The van der Waals surface area contributed by atoms with E-state index in [4.69, 9.17) is 4.52 Å². The summed E-state index contributed by atoms with van der Waals surface area (Å²) < 4.78 is 7.34. The standard InChI is InChI=1S/C12H18N4OS/c1-8(2)16-6-5-13-11(16)7-18-9(3)12-14-10(4)15-17-12/h5-6,8-9H,7H2,1-4H3. The van der Waals surface area contributed by atoms with Gasteiger partial charge in [0, 0.05) is 18.4 Å². The van der Waals surface area contributed by atoms with Crippen molar-refractivity contribution >= 4 is 11.8 Å². The first-order valence-electron chi connectivity index (χ1n) is 6.01. The van der Waals surface area contributed by atoms with E-state index < -0.39 is 0 Å². The van der Waals surface area contributed by atoms with Gasteiger partial charge in [0.25, 0.3) is 0 Å². The zero-order chi connectivity index (χ0) is 13.1. The minimum Gasteiger partial charge on any atom is -0.338 e. The van der Waals surface area contributed by atoms with Crippen LogP contribution in [0, 0.1) is 6.92 Å². The summed E-state index contributed by atoms with van der Waals surface area (Å²) in [6.45, 7) is 8.21. The molecule has 0 saturated heterocycles.